The molecule has 1 atom stereocenters. The number of para-hydroxylation sites is 1. The van der Waals surface area contributed by atoms with E-state index in [1.54, 1.807) is 12.5 Å². The van der Waals surface area contributed by atoms with Gasteiger partial charge in [-0.15, -0.1) is 0 Å². The average Bonchev–Trinajstić information content (AvgIpc) is 3.00. The highest BCUT2D eigenvalue weighted by atomic mass is 16.2. The summed E-state index contributed by atoms with van der Waals surface area (Å²) in [6.07, 6.45) is 5.18. The Balaban J connectivity index is 1.87. The molecular formula is C16H22N4O. The van der Waals surface area contributed by atoms with Crippen molar-refractivity contribution >= 4 is 11.7 Å². The van der Waals surface area contributed by atoms with Gasteiger partial charge >= 0.3 is 6.03 Å². The number of urea groups is 1. The van der Waals surface area contributed by atoms with Gasteiger partial charge in [0.2, 0.25) is 0 Å². The molecule has 2 rings (SSSR count). The van der Waals surface area contributed by atoms with E-state index >= 15 is 0 Å². The number of amides is 2. The van der Waals surface area contributed by atoms with Crippen LogP contribution >= 0.6 is 0 Å². The molecular weight excluding hydrogens is 264 g/mol. The number of nitrogens with one attached hydrogen (secondary N) is 3. The summed E-state index contributed by atoms with van der Waals surface area (Å²) in [4.78, 5) is 18.9. The Morgan fingerprint density at radius 2 is 2.19 bits per heavy atom. The van der Waals surface area contributed by atoms with Gasteiger partial charge in [-0.1, -0.05) is 32.0 Å². The molecule has 0 saturated heterocycles. The minimum Gasteiger partial charge on any atom is -0.348 e. The van der Waals surface area contributed by atoms with Crippen LogP contribution in [0.25, 0.3) is 0 Å². The van der Waals surface area contributed by atoms with E-state index in [0.29, 0.717) is 12.5 Å². The summed E-state index contributed by atoms with van der Waals surface area (Å²) in [6, 6.07) is 7.77. The number of imidazole rings is 1. The monoisotopic (exact) mass is 286 g/mol. The number of hydrogen-bond acceptors (Lipinski definition) is 2. The van der Waals surface area contributed by atoms with Gasteiger partial charge in [0, 0.05) is 30.5 Å². The number of nitrogens with zero attached hydrogens (tertiary/aromatic N) is 1. The fraction of sp³-hybridized carbons (Fsp3) is 0.375. The Morgan fingerprint density at radius 3 is 2.90 bits per heavy atom. The fourth-order valence-electron chi connectivity index (χ4n) is 2.16. The average molecular weight is 286 g/mol. The van der Waals surface area contributed by atoms with E-state index in [1.807, 2.05) is 18.2 Å². The zero-order chi connectivity index (χ0) is 15.1. The van der Waals surface area contributed by atoms with Crippen LogP contribution in [-0.4, -0.2) is 22.5 Å². The quantitative estimate of drug-likeness (QED) is 0.762. The first-order valence-electron chi connectivity index (χ1n) is 7.31. The van der Waals surface area contributed by atoms with Crippen LogP contribution in [0.1, 0.15) is 37.4 Å². The molecule has 2 aromatic rings. The highest BCUT2D eigenvalue weighted by Crippen LogP contribution is 2.26. The van der Waals surface area contributed by atoms with Crippen LogP contribution in [0.15, 0.2) is 36.8 Å². The number of aromatic amines is 1. The molecule has 0 aliphatic heterocycles. The standard InChI is InChI=1S/C16H22N4O/c1-3-12(2)14-6-4-5-7-15(14)20-16(21)18-9-8-13-10-17-11-19-13/h4-7,10-12H,3,8-9H2,1-2H3,(H,17,19)(H2,18,20,21)/t12-/m0/s1. The lowest BCUT2D eigenvalue weighted by molar-refractivity contribution is 0.252. The van der Waals surface area contributed by atoms with E-state index in [9.17, 15) is 4.79 Å². The number of carbonyl (C=O) groups excluding carboxylic acids is 1. The molecule has 5 heteroatoms. The van der Waals surface area contributed by atoms with Gasteiger partial charge in [0.05, 0.1) is 6.33 Å². The first kappa shape index (κ1) is 15.1. The summed E-state index contributed by atoms with van der Waals surface area (Å²) in [7, 11) is 0. The van der Waals surface area contributed by atoms with Crippen LogP contribution in [0, 0.1) is 0 Å². The summed E-state index contributed by atoms with van der Waals surface area (Å²) < 4.78 is 0. The Bertz CT molecular complexity index is 565. The fourth-order valence-corrected chi connectivity index (χ4v) is 2.16. The van der Waals surface area contributed by atoms with Gasteiger partial charge in [-0.25, -0.2) is 9.78 Å². The summed E-state index contributed by atoms with van der Waals surface area (Å²) in [5.41, 5.74) is 3.06. The molecule has 1 heterocycles. The van der Waals surface area contributed by atoms with E-state index < -0.39 is 0 Å². The van der Waals surface area contributed by atoms with Crippen molar-refractivity contribution in [3.8, 4) is 0 Å². The number of aromatic nitrogens is 2. The molecule has 0 aliphatic carbocycles. The number of benzene rings is 1. The molecule has 0 spiro atoms. The normalized spacial score (nSPS) is 11.9. The predicted octanol–water partition coefficient (Wildman–Crippen LogP) is 3.29. The van der Waals surface area contributed by atoms with Crippen LogP contribution in [0.3, 0.4) is 0 Å². The van der Waals surface area contributed by atoms with Crippen molar-refractivity contribution in [2.24, 2.45) is 0 Å². The maximum absolute atomic E-state index is 12.0. The van der Waals surface area contributed by atoms with E-state index in [1.165, 1.54) is 5.56 Å². The van der Waals surface area contributed by atoms with Crippen LogP contribution in [0.4, 0.5) is 10.5 Å². The van der Waals surface area contributed by atoms with Crippen molar-refractivity contribution < 1.29 is 4.79 Å². The number of anilines is 1. The lowest BCUT2D eigenvalue weighted by atomic mass is 9.97. The van der Waals surface area contributed by atoms with Gasteiger partial charge < -0.3 is 15.6 Å². The zero-order valence-corrected chi connectivity index (χ0v) is 12.5. The molecule has 0 unspecified atom stereocenters. The predicted molar refractivity (Wildman–Crippen MR) is 84.5 cm³/mol. The maximum Gasteiger partial charge on any atom is 0.319 e. The molecule has 21 heavy (non-hydrogen) atoms. The lowest BCUT2D eigenvalue weighted by Gasteiger charge is -2.15. The smallest absolute Gasteiger partial charge is 0.319 e. The summed E-state index contributed by atoms with van der Waals surface area (Å²) in [5.74, 6) is 0.423. The van der Waals surface area contributed by atoms with Gasteiger partial charge in [-0.3, -0.25) is 0 Å². The minimum atomic E-state index is -0.176. The topological polar surface area (TPSA) is 69.8 Å². The van der Waals surface area contributed by atoms with Crippen LogP contribution in [-0.2, 0) is 6.42 Å². The summed E-state index contributed by atoms with van der Waals surface area (Å²) >= 11 is 0. The van der Waals surface area contributed by atoms with Crippen molar-refractivity contribution in [2.45, 2.75) is 32.6 Å². The molecule has 112 valence electrons. The molecule has 0 fully saturated rings. The van der Waals surface area contributed by atoms with Crippen molar-refractivity contribution in [1.29, 1.82) is 0 Å². The van der Waals surface area contributed by atoms with E-state index in [0.717, 1.165) is 24.2 Å². The Morgan fingerprint density at radius 1 is 1.38 bits per heavy atom. The van der Waals surface area contributed by atoms with Gasteiger partial charge in [0.25, 0.3) is 0 Å². The van der Waals surface area contributed by atoms with Crippen molar-refractivity contribution in [2.75, 3.05) is 11.9 Å². The van der Waals surface area contributed by atoms with Crippen LogP contribution in [0.2, 0.25) is 0 Å². The Hall–Kier alpha value is -2.30. The van der Waals surface area contributed by atoms with Gasteiger partial charge in [-0.2, -0.15) is 0 Å². The van der Waals surface area contributed by atoms with E-state index in [4.69, 9.17) is 0 Å². The summed E-state index contributed by atoms with van der Waals surface area (Å²) in [5, 5.41) is 5.79. The molecule has 3 N–H and O–H groups in total. The molecule has 0 saturated carbocycles. The number of hydrogen-bond donors (Lipinski definition) is 3. The molecule has 1 aromatic carbocycles. The SMILES string of the molecule is CC[C@H](C)c1ccccc1NC(=O)NCCc1cnc[nH]1. The molecule has 0 bridgehead atoms. The lowest BCUT2D eigenvalue weighted by Crippen LogP contribution is -2.30. The Kier molecular flexibility index (Phi) is 5.37. The second-order valence-corrected chi connectivity index (χ2v) is 5.10. The minimum absolute atomic E-state index is 0.176. The van der Waals surface area contributed by atoms with Gasteiger partial charge in [0.1, 0.15) is 0 Å². The Labute approximate surface area is 125 Å². The molecule has 1 aromatic heterocycles. The summed E-state index contributed by atoms with van der Waals surface area (Å²) in [6.45, 7) is 4.88. The number of H-pyrrole nitrogens is 1. The van der Waals surface area contributed by atoms with Crippen LogP contribution < -0.4 is 10.6 Å². The number of carbonyl (C=O) groups is 1. The zero-order valence-electron chi connectivity index (χ0n) is 12.5. The second-order valence-electron chi connectivity index (χ2n) is 5.10. The van der Waals surface area contributed by atoms with Crippen molar-refractivity contribution in [3.05, 3.63) is 48.0 Å². The van der Waals surface area contributed by atoms with E-state index in [2.05, 4.69) is 40.5 Å². The second kappa shape index (κ2) is 7.47. The first-order chi connectivity index (χ1) is 10.2. The molecule has 0 aliphatic rings. The molecule has 0 radical (unpaired) electrons. The van der Waals surface area contributed by atoms with Crippen molar-refractivity contribution in [1.82, 2.24) is 15.3 Å². The highest BCUT2D eigenvalue weighted by molar-refractivity contribution is 5.90. The third-order valence-corrected chi connectivity index (χ3v) is 3.59. The molecule has 2 amide bonds. The highest BCUT2D eigenvalue weighted by Gasteiger charge is 2.10. The maximum atomic E-state index is 12.0. The number of rotatable bonds is 6. The third kappa shape index (κ3) is 4.34. The molecule has 5 nitrogen and oxygen atoms in total. The van der Waals surface area contributed by atoms with Crippen LogP contribution in [0.5, 0.6) is 0 Å². The van der Waals surface area contributed by atoms with Crippen molar-refractivity contribution in [3.63, 3.8) is 0 Å². The van der Waals surface area contributed by atoms with Gasteiger partial charge in [0.15, 0.2) is 0 Å². The van der Waals surface area contributed by atoms with E-state index in [-0.39, 0.29) is 6.03 Å². The third-order valence-electron chi connectivity index (χ3n) is 3.59. The van der Waals surface area contributed by atoms with Gasteiger partial charge in [-0.05, 0) is 24.0 Å². The largest absolute Gasteiger partial charge is 0.348 e. The first-order valence-corrected chi connectivity index (χ1v) is 7.31.